The number of benzene rings is 1. The zero-order valence-corrected chi connectivity index (χ0v) is 13.6. The highest BCUT2D eigenvalue weighted by molar-refractivity contribution is 5.15. The summed E-state index contributed by atoms with van der Waals surface area (Å²) in [5.74, 6) is -0.216. The molecule has 0 atom stereocenters. The van der Waals surface area contributed by atoms with Gasteiger partial charge in [0.15, 0.2) is 0 Å². The molecular formula is C18H33FN2. The van der Waals surface area contributed by atoms with Crippen molar-refractivity contribution in [2.24, 2.45) is 11.5 Å². The van der Waals surface area contributed by atoms with Crippen LogP contribution in [0.25, 0.3) is 0 Å². The molecular weight excluding hydrogens is 263 g/mol. The quantitative estimate of drug-likeness (QED) is 0.612. The summed E-state index contributed by atoms with van der Waals surface area (Å²) in [6.07, 6.45) is 12.5. The highest BCUT2D eigenvalue weighted by Gasteiger charge is 1.90. The Hall–Kier alpha value is -0.930. The molecule has 0 amide bonds. The normalized spacial score (nSPS) is 10.1. The van der Waals surface area contributed by atoms with E-state index in [0.29, 0.717) is 6.54 Å². The van der Waals surface area contributed by atoms with Gasteiger partial charge in [-0.15, -0.1) is 0 Å². The maximum Gasteiger partial charge on any atom is 0.123 e. The number of nitrogens with two attached hydrogens (primary N) is 2. The Morgan fingerprint density at radius 2 is 1.24 bits per heavy atom. The third-order valence-electron chi connectivity index (χ3n) is 3.46. The van der Waals surface area contributed by atoms with Crippen LogP contribution in [0.2, 0.25) is 0 Å². The molecule has 0 saturated heterocycles. The van der Waals surface area contributed by atoms with Gasteiger partial charge >= 0.3 is 0 Å². The van der Waals surface area contributed by atoms with Crippen LogP contribution < -0.4 is 11.5 Å². The summed E-state index contributed by atoms with van der Waals surface area (Å²) in [4.78, 5) is 0. The molecule has 0 fully saturated rings. The Labute approximate surface area is 130 Å². The van der Waals surface area contributed by atoms with E-state index >= 15 is 0 Å². The van der Waals surface area contributed by atoms with Crippen molar-refractivity contribution in [3.8, 4) is 0 Å². The molecule has 0 aliphatic heterocycles. The highest BCUT2D eigenvalue weighted by Crippen LogP contribution is 2.08. The largest absolute Gasteiger partial charge is 0.330 e. The van der Waals surface area contributed by atoms with E-state index in [2.05, 4.69) is 6.92 Å². The lowest BCUT2D eigenvalue weighted by molar-refractivity contribution is 0.567. The first-order chi connectivity index (χ1) is 10.2. The Morgan fingerprint density at radius 3 is 1.67 bits per heavy atom. The lowest BCUT2D eigenvalue weighted by atomic mass is 10.1. The summed E-state index contributed by atoms with van der Waals surface area (Å²) in [5, 5.41) is 0. The summed E-state index contributed by atoms with van der Waals surface area (Å²) in [5.41, 5.74) is 11.6. The average molecular weight is 296 g/mol. The van der Waals surface area contributed by atoms with Gasteiger partial charge in [0.2, 0.25) is 0 Å². The number of halogens is 1. The van der Waals surface area contributed by atoms with Gasteiger partial charge in [-0.1, -0.05) is 70.4 Å². The van der Waals surface area contributed by atoms with E-state index in [-0.39, 0.29) is 5.82 Å². The van der Waals surface area contributed by atoms with Crippen LogP contribution in [0.1, 0.15) is 70.3 Å². The van der Waals surface area contributed by atoms with Crippen molar-refractivity contribution in [3.05, 3.63) is 35.6 Å². The van der Waals surface area contributed by atoms with E-state index in [4.69, 9.17) is 11.5 Å². The van der Waals surface area contributed by atoms with Crippen LogP contribution >= 0.6 is 0 Å². The summed E-state index contributed by atoms with van der Waals surface area (Å²) < 4.78 is 12.2. The first-order valence-corrected chi connectivity index (χ1v) is 8.39. The van der Waals surface area contributed by atoms with Crippen molar-refractivity contribution in [3.63, 3.8) is 0 Å². The molecule has 21 heavy (non-hydrogen) atoms. The lowest BCUT2D eigenvalue weighted by Crippen LogP contribution is -1.97. The fraction of sp³-hybridized carbons (Fsp3) is 0.667. The average Bonchev–Trinajstić information content (AvgIpc) is 2.51. The van der Waals surface area contributed by atoms with E-state index in [1.54, 1.807) is 12.1 Å². The topological polar surface area (TPSA) is 52.0 Å². The number of unbranched alkanes of at least 4 members (excludes halogenated alkanes) is 8. The molecule has 1 rings (SSSR count). The van der Waals surface area contributed by atoms with Crippen molar-refractivity contribution >= 4 is 0 Å². The minimum Gasteiger partial charge on any atom is -0.330 e. The number of hydrogen-bond acceptors (Lipinski definition) is 2. The summed E-state index contributed by atoms with van der Waals surface area (Å²) in [6, 6.07) is 6.16. The van der Waals surface area contributed by atoms with Gasteiger partial charge < -0.3 is 11.5 Å². The monoisotopic (exact) mass is 296 g/mol. The van der Waals surface area contributed by atoms with Gasteiger partial charge in [-0.05, 0) is 30.7 Å². The zero-order chi connectivity index (χ0) is 15.8. The molecule has 0 aliphatic rings. The maximum atomic E-state index is 12.2. The van der Waals surface area contributed by atoms with Crippen molar-refractivity contribution in [2.75, 3.05) is 6.54 Å². The molecule has 2 nitrogen and oxygen atoms in total. The van der Waals surface area contributed by atoms with Gasteiger partial charge in [-0.2, -0.15) is 0 Å². The van der Waals surface area contributed by atoms with Crippen molar-refractivity contribution in [1.29, 1.82) is 0 Å². The molecule has 0 bridgehead atoms. The molecule has 0 aromatic heterocycles. The van der Waals surface area contributed by atoms with Gasteiger partial charge in [-0.3, -0.25) is 0 Å². The van der Waals surface area contributed by atoms with Gasteiger partial charge in [0.25, 0.3) is 0 Å². The van der Waals surface area contributed by atoms with Crippen molar-refractivity contribution in [2.45, 2.75) is 71.3 Å². The number of rotatable bonds is 10. The van der Waals surface area contributed by atoms with Gasteiger partial charge in [0, 0.05) is 6.54 Å². The third-order valence-corrected chi connectivity index (χ3v) is 3.46. The van der Waals surface area contributed by atoms with E-state index < -0.39 is 0 Å². The Bertz CT molecular complexity index is 301. The summed E-state index contributed by atoms with van der Waals surface area (Å²) in [6.45, 7) is 3.61. The van der Waals surface area contributed by atoms with Crippen LogP contribution in [0.4, 0.5) is 4.39 Å². The van der Waals surface area contributed by atoms with Crippen molar-refractivity contribution in [1.82, 2.24) is 0 Å². The third kappa shape index (κ3) is 13.8. The molecule has 122 valence electrons. The standard InChI is InChI=1S/C11H25N.C7H8FN/c1-2-3-4-5-6-7-8-9-10-11-12;8-7-3-1-6(5-9)2-4-7/h2-12H2,1H3;1-4H,5,9H2. The molecule has 0 saturated carbocycles. The smallest absolute Gasteiger partial charge is 0.123 e. The second kappa shape index (κ2) is 15.5. The maximum absolute atomic E-state index is 12.2. The van der Waals surface area contributed by atoms with Gasteiger partial charge in [-0.25, -0.2) is 4.39 Å². The van der Waals surface area contributed by atoms with E-state index in [1.165, 1.54) is 69.9 Å². The highest BCUT2D eigenvalue weighted by atomic mass is 19.1. The Kier molecular flexibility index (Phi) is 14.8. The zero-order valence-electron chi connectivity index (χ0n) is 13.6. The molecule has 4 N–H and O–H groups in total. The van der Waals surface area contributed by atoms with E-state index in [9.17, 15) is 4.39 Å². The fourth-order valence-electron chi connectivity index (χ4n) is 2.08. The van der Waals surface area contributed by atoms with Gasteiger partial charge in [0.05, 0.1) is 0 Å². The second-order valence-corrected chi connectivity index (χ2v) is 5.45. The van der Waals surface area contributed by atoms with E-state index in [0.717, 1.165) is 12.1 Å². The summed E-state index contributed by atoms with van der Waals surface area (Å²) >= 11 is 0. The molecule has 1 aromatic carbocycles. The van der Waals surface area contributed by atoms with Crippen molar-refractivity contribution < 1.29 is 4.39 Å². The molecule has 1 aromatic rings. The molecule has 0 heterocycles. The van der Waals surface area contributed by atoms with Crippen LogP contribution in [0.15, 0.2) is 24.3 Å². The molecule has 0 spiro atoms. The SMILES string of the molecule is CCCCCCCCCCCN.NCc1ccc(F)cc1. The van der Waals surface area contributed by atoms with Crippen LogP contribution in [-0.4, -0.2) is 6.54 Å². The van der Waals surface area contributed by atoms with Crippen LogP contribution in [0.5, 0.6) is 0 Å². The molecule has 3 heteroatoms. The number of hydrogen-bond donors (Lipinski definition) is 2. The van der Waals surface area contributed by atoms with Crippen LogP contribution in [0, 0.1) is 5.82 Å². The second-order valence-electron chi connectivity index (χ2n) is 5.45. The molecule has 0 unspecified atom stereocenters. The minimum absolute atomic E-state index is 0.216. The van der Waals surface area contributed by atoms with E-state index in [1.807, 2.05) is 0 Å². The summed E-state index contributed by atoms with van der Waals surface area (Å²) in [7, 11) is 0. The van der Waals surface area contributed by atoms with Crippen LogP contribution in [0.3, 0.4) is 0 Å². The lowest BCUT2D eigenvalue weighted by Gasteiger charge is -1.99. The Balaban J connectivity index is 0.000000394. The van der Waals surface area contributed by atoms with Crippen LogP contribution in [-0.2, 0) is 6.54 Å². The Morgan fingerprint density at radius 1 is 0.762 bits per heavy atom. The molecule has 0 radical (unpaired) electrons. The first kappa shape index (κ1) is 20.1. The first-order valence-electron chi connectivity index (χ1n) is 8.39. The predicted octanol–water partition coefficient (Wildman–Crippen LogP) is 4.76. The van der Waals surface area contributed by atoms with Gasteiger partial charge in [0.1, 0.15) is 5.82 Å². The molecule has 0 aliphatic carbocycles. The minimum atomic E-state index is -0.216. The predicted molar refractivity (Wildman–Crippen MR) is 90.6 cm³/mol. The fourth-order valence-corrected chi connectivity index (χ4v) is 2.08.